The molecule has 0 unspecified atom stereocenters. The average Bonchev–Trinajstić information content (AvgIpc) is 2.52. The predicted octanol–water partition coefficient (Wildman–Crippen LogP) is 2.58. The van der Waals surface area contributed by atoms with E-state index in [9.17, 15) is 0 Å². The van der Waals surface area contributed by atoms with Crippen LogP contribution in [0.5, 0.6) is 11.5 Å². The van der Waals surface area contributed by atoms with Gasteiger partial charge in [0.05, 0.1) is 26.4 Å². The van der Waals surface area contributed by atoms with E-state index in [1.165, 1.54) is 0 Å². The summed E-state index contributed by atoms with van der Waals surface area (Å²) in [6, 6.07) is 7.87. The molecular weight excluding hydrogens is 254 g/mol. The SMILES string of the molecule is CCCOc1ccc(OCCCN2CCOCC2)cc1. The minimum absolute atomic E-state index is 0.756. The highest BCUT2D eigenvalue weighted by atomic mass is 16.5. The van der Waals surface area contributed by atoms with Gasteiger partial charge in [-0.25, -0.2) is 0 Å². The van der Waals surface area contributed by atoms with Gasteiger partial charge < -0.3 is 14.2 Å². The highest BCUT2D eigenvalue weighted by Crippen LogP contribution is 2.17. The molecule has 1 aromatic rings. The van der Waals surface area contributed by atoms with E-state index >= 15 is 0 Å². The van der Waals surface area contributed by atoms with Crippen molar-refractivity contribution >= 4 is 0 Å². The lowest BCUT2D eigenvalue weighted by molar-refractivity contribution is 0.0358. The van der Waals surface area contributed by atoms with Gasteiger partial charge in [-0.1, -0.05) is 6.92 Å². The van der Waals surface area contributed by atoms with Crippen LogP contribution in [0.4, 0.5) is 0 Å². The van der Waals surface area contributed by atoms with Gasteiger partial charge in [0, 0.05) is 19.6 Å². The second-order valence-electron chi connectivity index (χ2n) is 4.98. The minimum Gasteiger partial charge on any atom is -0.494 e. The van der Waals surface area contributed by atoms with Crippen molar-refractivity contribution in [3.8, 4) is 11.5 Å². The van der Waals surface area contributed by atoms with Crippen LogP contribution >= 0.6 is 0 Å². The van der Waals surface area contributed by atoms with Crippen molar-refractivity contribution in [1.29, 1.82) is 0 Å². The Morgan fingerprint density at radius 2 is 1.60 bits per heavy atom. The lowest BCUT2D eigenvalue weighted by atomic mass is 10.3. The Hall–Kier alpha value is -1.26. The van der Waals surface area contributed by atoms with Gasteiger partial charge in [0.25, 0.3) is 0 Å². The Balaban J connectivity index is 1.61. The Labute approximate surface area is 121 Å². The maximum absolute atomic E-state index is 5.74. The molecule has 4 nitrogen and oxygen atoms in total. The van der Waals surface area contributed by atoms with E-state index < -0.39 is 0 Å². The molecule has 1 aliphatic rings. The van der Waals surface area contributed by atoms with Crippen molar-refractivity contribution in [3.05, 3.63) is 24.3 Å². The monoisotopic (exact) mass is 279 g/mol. The second kappa shape index (κ2) is 8.82. The molecule has 112 valence electrons. The molecule has 1 fully saturated rings. The van der Waals surface area contributed by atoms with Crippen molar-refractivity contribution in [2.45, 2.75) is 19.8 Å². The summed E-state index contributed by atoms with van der Waals surface area (Å²) < 4.78 is 16.6. The van der Waals surface area contributed by atoms with Crippen molar-refractivity contribution in [3.63, 3.8) is 0 Å². The first-order valence-corrected chi connectivity index (χ1v) is 7.54. The fraction of sp³-hybridized carbons (Fsp3) is 0.625. The van der Waals surface area contributed by atoms with Crippen LogP contribution in [0, 0.1) is 0 Å². The van der Waals surface area contributed by atoms with Crippen molar-refractivity contribution in [2.75, 3.05) is 46.1 Å². The van der Waals surface area contributed by atoms with Crippen LogP contribution in [0.1, 0.15) is 19.8 Å². The van der Waals surface area contributed by atoms with Gasteiger partial charge in [-0.2, -0.15) is 0 Å². The summed E-state index contributed by atoms with van der Waals surface area (Å²) in [5.41, 5.74) is 0. The third-order valence-corrected chi connectivity index (χ3v) is 3.29. The zero-order valence-electron chi connectivity index (χ0n) is 12.3. The summed E-state index contributed by atoms with van der Waals surface area (Å²) in [7, 11) is 0. The fourth-order valence-corrected chi connectivity index (χ4v) is 2.15. The molecule has 0 aromatic heterocycles. The largest absolute Gasteiger partial charge is 0.494 e. The normalized spacial score (nSPS) is 16.1. The molecule has 1 aromatic carbocycles. The number of hydrogen-bond donors (Lipinski definition) is 0. The van der Waals surface area contributed by atoms with Gasteiger partial charge in [0.2, 0.25) is 0 Å². The number of morpholine rings is 1. The van der Waals surface area contributed by atoms with Gasteiger partial charge >= 0.3 is 0 Å². The van der Waals surface area contributed by atoms with Gasteiger partial charge in [-0.3, -0.25) is 4.90 Å². The summed E-state index contributed by atoms with van der Waals surface area (Å²) in [5.74, 6) is 1.82. The Kier molecular flexibility index (Phi) is 6.68. The summed E-state index contributed by atoms with van der Waals surface area (Å²) in [4.78, 5) is 2.43. The van der Waals surface area contributed by atoms with Gasteiger partial charge in [0.1, 0.15) is 11.5 Å². The van der Waals surface area contributed by atoms with Crippen molar-refractivity contribution in [1.82, 2.24) is 4.90 Å². The lowest BCUT2D eigenvalue weighted by Crippen LogP contribution is -2.37. The quantitative estimate of drug-likeness (QED) is 0.684. The summed E-state index contributed by atoms with van der Waals surface area (Å²) in [6.45, 7) is 8.52. The molecule has 1 saturated heterocycles. The molecular formula is C16H25NO3. The van der Waals surface area contributed by atoms with Crippen LogP contribution in [0.2, 0.25) is 0 Å². The number of rotatable bonds is 8. The number of benzene rings is 1. The average molecular weight is 279 g/mol. The molecule has 4 heteroatoms. The van der Waals surface area contributed by atoms with E-state index in [0.29, 0.717) is 0 Å². The summed E-state index contributed by atoms with van der Waals surface area (Å²) >= 11 is 0. The smallest absolute Gasteiger partial charge is 0.119 e. The van der Waals surface area contributed by atoms with E-state index in [-0.39, 0.29) is 0 Å². The van der Waals surface area contributed by atoms with Crippen LogP contribution in [-0.2, 0) is 4.74 Å². The molecule has 0 bridgehead atoms. The Morgan fingerprint density at radius 1 is 1.00 bits per heavy atom. The first kappa shape index (κ1) is 15.1. The molecule has 0 atom stereocenters. The lowest BCUT2D eigenvalue weighted by Gasteiger charge is -2.26. The molecule has 0 aliphatic carbocycles. The van der Waals surface area contributed by atoms with Crippen LogP contribution in [0.15, 0.2) is 24.3 Å². The highest BCUT2D eigenvalue weighted by molar-refractivity contribution is 5.31. The first-order valence-electron chi connectivity index (χ1n) is 7.54. The van der Waals surface area contributed by atoms with Gasteiger partial charge in [-0.15, -0.1) is 0 Å². The van der Waals surface area contributed by atoms with Gasteiger partial charge in [-0.05, 0) is 37.1 Å². The number of ether oxygens (including phenoxy) is 3. The van der Waals surface area contributed by atoms with Crippen LogP contribution in [0.3, 0.4) is 0 Å². The predicted molar refractivity (Wildman–Crippen MR) is 79.6 cm³/mol. The van der Waals surface area contributed by atoms with E-state index in [4.69, 9.17) is 14.2 Å². The molecule has 1 aliphatic heterocycles. The van der Waals surface area contributed by atoms with Crippen LogP contribution in [0.25, 0.3) is 0 Å². The van der Waals surface area contributed by atoms with Crippen LogP contribution in [-0.4, -0.2) is 51.0 Å². The minimum atomic E-state index is 0.756. The van der Waals surface area contributed by atoms with Crippen molar-refractivity contribution in [2.24, 2.45) is 0 Å². The maximum Gasteiger partial charge on any atom is 0.119 e. The third-order valence-electron chi connectivity index (χ3n) is 3.29. The topological polar surface area (TPSA) is 30.9 Å². The zero-order valence-corrected chi connectivity index (χ0v) is 12.3. The Morgan fingerprint density at radius 3 is 2.20 bits per heavy atom. The molecule has 1 heterocycles. The summed E-state index contributed by atoms with van der Waals surface area (Å²) in [5, 5.41) is 0. The molecule has 0 amide bonds. The first-order chi connectivity index (χ1) is 9.88. The summed E-state index contributed by atoms with van der Waals surface area (Å²) in [6.07, 6.45) is 2.08. The number of hydrogen-bond acceptors (Lipinski definition) is 4. The third kappa shape index (κ3) is 5.39. The molecule has 0 N–H and O–H groups in total. The second-order valence-corrected chi connectivity index (χ2v) is 4.98. The molecule has 0 saturated carbocycles. The highest BCUT2D eigenvalue weighted by Gasteiger charge is 2.09. The molecule has 20 heavy (non-hydrogen) atoms. The standard InChI is InChI=1S/C16H25NO3/c1-2-11-19-15-4-6-16(7-5-15)20-12-3-8-17-9-13-18-14-10-17/h4-7H,2-3,8-14H2,1H3. The van der Waals surface area contributed by atoms with Crippen LogP contribution < -0.4 is 9.47 Å². The fourth-order valence-electron chi connectivity index (χ4n) is 2.15. The van der Waals surface area contributed by atoms with E-state index in [0.717, 1.165) is 70.4 Å². The van der Waals surface area contributed by atoms with E-state index in [2.05, 4.69) is 11.8 Å². The van der Waals surface area contributed by atoms with E-state index in [1.807, 2.05) is 24.3 Å². The molecule has 0 spiro atoms. The van der Waals surface area contributed by atoms with E-state index in [1.54, 1.807) is 0 Å². The molecule has 2 rings (SSSR count). The number of nitrogens with zero attached hydrogens (tertiary/aromatic N) is 1. The maximum atomic E-state index is 5.74. The van der Waals surface area contributed by atoms with Gasteiger partial charge in [0.15, 0.2) is 0 Å². The molecule has 0 radical (unpaired) electrons. The zero-order chi connectivity index (χ0) is 14.0. The van der Waals surface area contributed by atoms with Crippen molar-refractivity contribution < 1.29 is 14.2 Å². The Bertz CT molecular complexity index is 360.